The summed E-state index contributed by atoms with van der Waals surface area (Å²) in [6.07, 6.45) is 2.50. The second-order valence-corrected chi connectivity index (χ2v) is 7.17. The van der Waals surface area contributed by atoms with Crippen molar-refractivity contribution in [2.75, 3.05) is 34.4 Å². The minimum Gasteiger partial charge on any atom is -0.400 e. The van der Waals surface area contributed by atoms with Crippen LogP contribution in [0.3, 0.4) is 0 Å². The van der Waals surface area contributed by atoms with Gasteiger partial charge in [0, 0.05) is 14.2 Å². The highest BCUT2D eigenvalue weighted by molar-refractivity contribution is 6.44. The van der Waals surface area contributed by atoms with Crippen molar-refractivity contribution in [1.82, 2.24) is 0 Å². The Labute approximate surface area is 103 Å². The second-order valence-electron chi connectivity index (χ2n) is 4.79. The Kier molecular flexibility index (Phi) is 8.28. The van der Waals surface area contributed by atoms with Gasteiger partial charge in [0.25, 0.3) is 0 Å². The van der Waals surface area contributed by atoms with Crippen LogP contribution in [-0.2, 0) is 8.85 Å². The third-order valence-electron chi connectivity index (χ3n) is 4.10. The molecule has 0 fully saturated rings. The SMILES string of the molecule is CC[N+](C)(CC)C(C)CCC[SiH](OC)OC. The first-order chi connectivity index (χ1) is 7.53. The van der Waals surface area contributed by atoms with E-state index in [1.165, 1.54) is 30.4 Å². The Bertz CT molecular complexity index is 170. The van der Waals surface area contributed by atoms with Crippen molar-refractivity contribution < 1.29 is 13.3 Å². The van der Waals surface area contributed by atoms with Gasteiger partial charge in [-0.25, -0.2) is 0 Å². The molecule has 0 aliphatic carbocycles. The fourth-order valence-corrected chi connectivity index (χ4v) is 3.30. The Balaban J connectivity index is 3.92. The summed E-state index contributed by atoms with van der Waals surface area (Å²) in [6, 6.07) is 1.86. The Morgan fingerprint density at radius 1 is 1.12 bits per heavy atom. The monoisotopic (exact) mass is 248 g/mol. The lowest BCUT2D eigenvalue weighted by Gasteiger charge is -2.38. The molecule has 0 aliphatic heterocycles. The summed E-state index contributed by atoms with van der Waals surface area (Å²) in [5.74, 6) is 0. The normalized spacial score (nSPS) is 14.4. The Hall–Kier alpha value is 0.0969. The van der Waals surface area contributed by atoms with E-state index in [1.807, 2.05) is 0 Å². The molecule has 0 radical (unpaired) electrons. The molecule has 0 N–H and O–H groups in total. The van der Waals surface area contributed by atoms with Crippen molar-refractivity contribution >= 4 is 9.28 Å². The van der Waals surface area contributed by atoms with E-state index in [0.717, 1.165) is 12.1 Å². The Morgan fingerprint density at radius 3 is 2.00 bits per heavy atom. The highest BCUT2D eigenvalue weighted by Gasteiger charge is 2.25. The number of quaternary nitrogens is 1. The summed E-state index contributed by atoms with van der Waals surface area (Å²) in [5.41, 5.74) is 0. The lowest BCUT2D eigenvalue weighted by atomic mass is 10.1. The summed E-state index contributed by atoms with van der Waals surface area (Å²) in [5, 5.41) is 0. The summed E-state index contributed by atoms with van der Waals surface area (Å²) in [4.78, 5) is 0. The highest BCUT2D eigenvalue weighted by Crippen LogP contribution is 2.16. The van der Waals surface area contributed by atoms with E-state index in [1.54, 1.807) is 14.2 Å². The predicted octanol–water partition coefficient (Wildman–Crippen LogP) is 2.15. The van der Waals surface area contributed by atoms with Crippen LogP contribution in [0.1, 0.15) is 33.6 Å². The van der Waals surface area contributed by atoms with Crippen LogP contribution < -0.4 is 0 Å². The fraction of sp³-hybridized carbons (Fsp3) is 1.00. The van der Waals surface area contributed by atoms with Gasteiger partial charge >= 0.3 is 9.28 Å². The predicted molar refractivity (Wildman–Crippen MR) is 71.9 cm³/mol. The molecular formula is C12H30NO2Si+. The third kappa shape index (κ3) is 4.95. The largest absolute Gasteiger partial charge is 0.400 e. The first-order valence-corrected chi connectivity index (χ1v) is 8.19. The molecule has 0 spiro atoms. The summed E-state index contributed by atoms with van der Waals surface area (Å²) < 4.78 is 11.8. The molecule has 1 unspecified atom stereocenters. The molecular weight excluding hydrogens is 218 g/mol. The quantitative estimate of drug-likeness (QED) is 0.460. The second kappa shape index (κ2) is 8.23. The van der Waals surface area contributed by atoms with Gasteiger partial charge in [-0.2, -0.15) is 0 Å². The van der Waals surface area contributed by atoms with Crippen LogP contribution >= 0.6 is 0 Å². The van der Waals surface area contributed by atoms with Gasteiger partial charge in [-0.05, 0) is 39.7 Å². The molecule has 0 aromatic carbocycles. The molecule has 0 aliphatic rings. The molecule has 98 valence electrons. The molecule has 16 heavy (non-hydrogen) atoms. The van der Waals surface area contributed by atoms with Crippen LogP contribution in [-0.4, -0.2) is 54.2 Å². The standard InChI is InChI=1S/C12H30NO2Si/c1-7-13(4,8-2)12(3)10-9-11-16(14-5)15-6/h12,16H,7-11H2,1-6H3/q+1. The average molecular weight is 248 g/mol. The van der Waals surface area contributed by atoms with E-state index in [9.17, 15) is 0 Å². The van der Waals surface area contributed by atoms with Gasteiger partial charge in [-0.15, -0.1) is 0 Å². The average Bonchev–Trinajstić information content (AvgIpc) is 2.33. The van der Waals surface area contributed by atoms with Gasteiger partial charge in [0.2, 0.25) is 0 Å². The van der Waals surface area contributed by atoms with E-state index in [4.69, 9.17) is 8.85 Å². The molecule has 0 rings (SSSR count). The lowest BCUT2D eigenvalue weighted by molar-refractivity contribution is -0.928. The van der Waals surface area contributed by atoms with Crippen molar-refractivity contribution in [2.45, 2.75) is 45.7 Å². The summed E-state index contributed by atoms with van der Waals surface area (Å²) in [6.45, 7) is 9.35. The smallest absolute Gasteiger partial charge is 0.320 e. The maximum Gasteiger partial charge on any atom is 0.320 e. The van der Waals surface area contributed by atoms with Gasteiger partial charge in [-0.3, -0.25) is 0 Å². The van der Waals surface area contributed by atoms with E-state index >= 15 is 0 Å². The van der Waals surface area contributed by atoms with Gasteiger partial charge in [-0.1, -0.05) is 0 Å². The molecule has 4 heteroatoms. The van der Waals surface area contributed by atoms with Gasteiger partial charge in [0.15, 0.2) is 0 Å². The van der Waals surface area contributed by atoms with E-state index in [2.05, 4.69) is 27.8 Å². The van der Waals surface area contributed by atoms with Crippen molar-refractivity contribution in [3.8, 4) is 0 Å². The molecule has 0 saturated heterocycles. The first-order valence-electron chi connectivity index (χ1n) is 6.43. The number of hydrogen-bond acceptors (Lipinski definition) is 2. The molecule has 0 aromatic rings. The van der Waals surface area contributed by atoms with E-state index in [-0.39, 0.29) is 0 Å². The van der Waals surface area contributed by atoms with Gasteiger partial charge < -0.3 is 13.3 Å². The maximum absolute atomic E-state index is 5.33. The van der Waals surface area contributed by atoms with Crippen molar-refractivity contribution in [3.63, 3.8) is 0 Å². The van der Waals surface area contributed by atoms with Crippen LogP contribution in [0.2, 0.25) is 6.04 Å². The number of hydrogen-bond donors (Lipinski definition) is 0. The van der Waals surface area contributed by atoms with E-state index in [0.29, 0.717) is 0 Å². The minimum absolute atomic E-state index is 0.735. The minimum atomic E-state index is -1.33. The van der Waals surface area contributed by atoms with Crippen LogP contribution in [0.5, 0.6) is 0 Å². The zero-order valence-electron chi connectivity index (χ0n) is 12.0. The topological polar surface area (TPSA) is 18.5 Å². The zero-order valence-corrected chi connectivity index (χ0v) is 13.1. The molecule has 0 bridgehead atoms. The number of nitrogens with zero attached hydrogens (tertiary/aromatic N) is 1. The fourth-order valence-electron chi connectivity index (χ4n) is 2.07. The molecule has 0 amide bonds. The van der Waals surface area contributed by atoms with Crippen molar-refractivity contribution in [1.29, 1.82) is 0 Å². The summed E-state index contributed by atoms with van der Waals surface area (Å²) >= 11 is 0. The molecule has 0 saturated carbocycles. The van der Waals surface area contributed by atoms with Crippen molar-refractivity contribution in [2.24, 2.45) is 0 Å². The van der Waals surface area contributed by atoms with Gasteiger partial charge in [0.1, 0.15) is 0 Å². The van der Waals surface area contributed by atoms with Crippen LogP contribution in [0.4, 0.5) is 0 Å². The molecule has 0 heterocycles. The first kappa shape index (κ1) is 16.1. The molecule has 0 aromatic heterocycles. The van der Waals surface area contributed by atoms with Crippen LogP contribution in [0.25, 0.3) is 0 Å². The van der Waals surface area contributed by atoms with Crippen molar-refractivity contribution in [3.05, 3.63) is 0 Å². The summed E-state index contributed by atoms with van der Waals surface area (Å²) in [7, 11) is 4.56. The van der Waals surface area contributed by atoms with Crippen LogP contribution in [0, 0.1) is 0 Å². The van der Waals surface area contributed by atoms with Gasteiger partial charge in [0.05, 0.1) is 26.2 Å². The third-order valence-corrected chi connectivity index (χ3v) is 6.03. The number of rotatable bonds is 9. The zero-order chi connectivity index (χ0) is 12.6. The Morgan fingerprint density at radius 2 is 1.62 bits per heavy atom. The van der Waals surface area contributed by atoms with Crippen LogP contribution in [0.15, 0.2) is 0 Å². The maximum atomic E-state index is 5.33. The highest BCUT2D eigenvalue weighted by atomic mass is 28.3. The van der Waals surface area contributed by atoms with E-state index < -0.39 is 9.28 Å². The lowest BCUT2D eigenvalue weighted by Crippen LogP contribution is -2.50. The molecule has 1 atom stereocenters. The molecule has 3 nitrogen and oxygen atoms in total.